The van der Waals surface area contributed by atoms with Crippen molar-refractivity contribution >= 4 is 23.2 Å². The van der Waals surface area contributed by atoms with Crippen LogP contribution in [0.15, 0.2) is 54.6 Å². The van der Waals surface area contributed by atoms with Gasteiger partial charge in [-0.1, -0.05) is 37.3 Å². The Morgan fingerprint density at radius 1 is 0.917 bits per heavy atom. The molecular formula is C19H23N3O2. The van der Waals surface area contributed by atoms with E-state index in [1.165, 1.54) is 12.5 Å². The summed E-state index contributed by atoms with van der Waals surface area (Å²) in [6.45, 7) is 3.78. The van der Waals surface area contributed by atoms with E-state index in [2.05, 4.69) is 35.0 Å². The van der Waals surface area contributed by atoms with Gasteiger partial charge in [0, 0.05) is 24.3 Å². The highest BCUT2D eigenvalue weighted by molar-refractivity contribution is 5.93. The first-order valence-corrected chi connectivity index (χ1v) is 8.04. The van der Waals surface area contributed by atoms with Crippen LogP contribution in [0.4, 0.5) is 11.4 Å². The molecule has 0 aliphatic carbocycles. The first kappa shape index (κ1) is 17.7. The van der Waals surface area contributed by atoms with Crippen molar-refractivity contribution in [2.75, 3.05) is 17.2 Å². The molecule has 0 saturated heterocycles. The van der Waals surface area contributed by atoms with Gasteiger partial charge in [-0.15, -0.1) is 0 Å². The minimum absolute atomic E-state index is 0.100. The highest BCUT2D eigenvalue weighted by atomic mass is 16.2. The zero-order valence-corrected chi connectivity index (χ0v) is 14.0. The molecule has 0 aliphatic heterocycles. The van der Waals surface area contributed by atoms with Gasteiger partial charge in [-0.2, -0.15) is 0 Å². The van der Waals surface area contributed by atoms with E-state index in [1.54, 1.807) is 24.3 Å². The summed E-state index contributed by atoms with van der Waals surface area (Å²) in [7, 11) is 0. The Labute approximate surface area is 142 Å². The Balaban J connectivity index is 1.85. The van der Waals surface area contributed by atoms with Gasteiger partial charge in [-0.25, -0.2) is 0 Å². The van der Waals surface area contributed by atoms with Crippen molar-refractivity contribution in [3.63, 3.8) is 0 Å². The van der Waals surface area contributed by atoms with Gasteiger partial charge in [0.25, 0.3) is 0 Å². The smallest absolute Gasteiger partial charge is 0.238 e. The third kappa shape index (κ3) is 5.52. The first-order chi connectivity index (χ1) is 11.6. The highest BCUT2D eigenvalue weighted by Crippen LogP contribution is 2.16. The van der Waals surface area contributed by atoms with Gasteiger partial charge in [0.05, 0.1) is 6.54 Å². The van der Waals surface area contributed by atoms with Crippen LogP contribution in [-0.2, 0) is 9.59 Å². The van der Waals surface area contributed by atoms with Crippen LogP contribution in [0.25, 0.3) is 0 Å². The van der Waals surface area contributed by atoms with Crippen molar-refractivity contribution in [3.05, 3.63) is 60.2 Å². The molecule has 2 amide bonds. The maximum Gasteiger partial charge on any atom is 0.238 e. The number of amides is 2. The van der Waals surface area contributed by atoms with Crippen LogP contribution < -0.4 is 16.0 Å². The Morgan fingerprint density at radius 3 is 2.04 bits per heavy atom. The Morgan fingerprint density at radius 2 is 1.50 bits per heavy atom. The van der Waals surface area contributed by atoms with Crippen LogP contribution in [0.2, 0.25) is 0 Å². The van der Waals surface area contributed by atoms with E-state index in [4.69, 9.17) is 0 Å². The van der Waals surface area contributed by atoms with E-state index in [9.17, 15) is 9.59 Å². The number of hydrogen-bond donors (Lipinski definition) is 3. The molecule has 0 saturated carbocycles. The minimum Gasteiger partial charge on any atom is -0.326 e. The van der Waals surface area contributed by atoms with Gasteiger partial charge in [0.2, 0.25) is 11.8 Å². The van der Waals surface area contributed by atoms with Gasteiger partial charge >= 0.3 is 0 Å². The highest BCUT2D eigenvalue weighted by Gasteiger charge is 2.10. The van der Waals surface area contributed by atoms with Gasteiger partial charge < -0.3 is 16.0 Å². The second kappa shape index (κ2) is 8.84. The zero-order valence-electron chi connectivity index (χ0n) is 14.0. The maximum absolute atomic E-state index is 12.1. The fraction of sp³-hybridized carbons (Fsp3) is 0.263. The molecule has 1 atom stereocenters. The van der Waals surface area contributed by atoms with E-state index in [0.29, 0.717) is 11.4 Å². The number of benzene rings is 2. The molecule has 5 heteroatoms. The summed E-state index contributed by atoms with van der Waals surface area (Å²) in [4.78, 5) is 23.1. The summed E-state index contributed by atoms with van der Waals surface area (Å²) in [5.74, 6) is -0.223. The van der Waals surface area contributed by atoms with E-state index in [1.807, 2.05) is 18.2 Å². The molecule has 2 aromatic rings. The van der Waals surface area contributed by atoms with Crippen LogP contribution in [0.1, 0.15) is 31.9 Å². The summed E-state index contributed by atoms with van der Waals surface area (Å²) in [5.41, 5.74) is 2.57. The lowest BCUT2D eigenvalue weighted by atomic mass is 10.0. The molecule has 0 bridgehead atoms. The van der Waals surface area contributed by atoms with E-state index < -0.39 is 0 Å². The number of anilines is 2. The molecule has 0 radical (unpaired) electrons. The number of carbonyl (C=O) groups is 2. The summed E-state index contributed by atoms with van der Waals surface area (Å²) < 4.78 is 0. The SMILES string of the molecule is CCC(NCC(=O)Nc1ccc(NC(C)=O)cc1)c1ccccc1. The lowest BCUT2D eigenvalue weighted by molar-refractivity contribution is -0.116. The van der Waals surface area contributed by atoms with Crippen molar-refractivity contribution in [2.24, 2.45) is 0 Å². The second-order valence-corrected chi connectivity index (χ2v) is 5.56. The van der Waals surface area contributed by atoms with Gasteiger partial charge in [0.15, 0.2) is 0 Å². The van der Waals surface area contributed by atoms with Gasteiger partial charge in [0.1, 0.15) is 0 Å². The van der Waals surface area contributed by atoms with E-state index in [0.717, 1.165) is 6.42 Å². The second-order valence-electron chi connectivity index (χ2n) is 5.56. The Hall–Kier alpha value is -2.66. The molecule has 1 unspecified atom stereocenters. The molecule has 0 aromatic heterocycles. The monoisotopic (exact) mass is 325 g/mol. The van der Waals surface area contributed by atoms with Crippen molar-refractivity contribution in [1.29, 1.82) is 0 Å². The normalized spacial score (nSPS) is 11.6. The minimum atomic E-state index is -0.123. The average Bonchev–Trinajstić information content (AvgIpc) is 2.58. The van der Waals surface area contributed by atoms with Crippen LogP contribution in [0.5, 0.6) is 0 Å². The predicted molar refractivity (Wildman–Crippen MR) is 96.9 cm³/mol. The summed E-state index contributed by atoms with van der Waals surface area (Å²) >= 11 is 0. The predicted octanol–water partition coefficient (Wildman–Crippen LogP) is 3.32. The summed E-state index contributed by atoms with van der Waals surface area (Å²) in [5, 5.41) is 8.80. The number of carbonyl (C=O) groups excluding carboxylic acids is 2. The standard InChI is InChI=1S/C19H23N3O2/c1-3-18(15-7-5-4-6-8-15)20-13-19(24)22-17-11-9-16(10-12-17)21-14(2)23/h4-12,18,20H,3,13H2,1-2H3,(H,21,23)(H,22,24). The zero-order chi connectivity index (χ0) is 17.4. The van der Waals surface area contributed by atoms with Crippen molar-refractivity contribution in [1.82, 2.24) is 5.32 Å². The molecule has 126 valence electrons. The number of rotatable bonds is 7. The maximum atomic E-state index is 12.1. The summed E-state index contributed by atoms with van der Waals surface area (Å²) in [6.07, 6.45) is 0.905. The van der Waals surface area contributed by atoms with Crippen molar-refractivity contribution in [3.8, 4) is 0 Å². The molecule has 2 rings (SSSR count). The van der Waals surface area contributed by atoms with E-state index >= 15 is 0 Å². The largest absolute Gasteiger partial charge is 0.326 e. The van der Waals surface area contributed by atoms with Crippen molar-refractivity contribution < 1.29 is 9.59 Å². The molecular weight excluding hydrogens is 302 g/mol. The molecule has 5 nitrogen and oxygen atoms in total. The quantitative estimate of drug-likeness (QED) is 0.731. The molecule has 0 spiro atoms. The average molecular weight is 325 g/mol. The Kier molecular flexibility index (Phi) is 6.51. The molecule has 2 aromatic carbocycles. The fourth-order valence-corrected chi connectivity index (χ4v) is 2.44. The lowest BCUT2D eigenvalue weighted by Crippen LogP contribution is -2.31. The number of nitrogens with one attached hydrogen (secondary N) is 3. The lowest BCUT2D eigenvalue weighted by Gasteiger charge is -2.17. The summed E-state index contributed by atoms with van der Waals surface area (Å²) in [6, 6.07) is 17.3. The molecule has 3 N–H and O–H groups in total. The van der Waals surface area contributed by atoms with Crippen molar-refractivity contribution in [2.45, 2.75) is 26.3 Å². The van der Waals surface area contributed by atoms with Gasteiger partial charge in [-0.3, -0.25) is 9.59 Å². The van der Waals surface area contributed by atoms with Crippen LogP contribution in [0, 0.1) is 0 Å². The van der Waals surface area contributed by atoms with Crippen LogP contribution in [-0.4, -0.2) is 18.4 Å². The third-order valence-corrected chi connectivity index (χ3v) is 3.61. The van der Waals surface area contributed by atoms with Crippen LogP contribution >= 0.6 is 0 Å². The topological polar surface area (TPSA) is 70.2 Å². The van der Waals surface area contributed by atoms with E-state index in [-0.39, 0.29) is 24.4 Å². The first-order valence-electron chi connectivity index (χ1n) is 8.04. The van der Waals surface area contributed by atoms with Crippen LogP contribution in [0.3, 0.4) is 0 Å². The number of hydrogen-bond acceptors (Lipinski definition) is 3. The Bertz CT molecular complexity index is 669. The third-order valence-electron chi connectivity index (χ3n) is 3.61. The molecule has 0 aliphatic rings. The molecule has 0 heterocycles. The molecule has 24 heavy (non-hydrogen) atoms. The molecule has 0 fully saturated rings. The van der Waals surface area contributed by atoms with Gasteiger partial charge in [-0.05, 0) is 36.2 Å². The fourth-order valence-electron chi connectivity index (χ4n) is 2.44.